The number of halogens is 3. The van der Waals surface area contributed by atoms with E-state index in [-0.39, 0.29) is 12.3 Å². The van der Waals surface area contributed by atoms with Crippen molar-refractivity contribution in [2.75, 3.05) is 0 Å². The zero-order chi connectivity index (χ0) is 17.6. The quantitative estimate of drug-likeness (QED) is 0.572. The lowest BCUT2D eigenvalue weighted by Crippen LogP contribution is -2.26. The van der Waals surface area contributed by atoms with Gasteiger partial charge in [-0.15, -0.1) is 13.2 Å². The van der Waals surface area contributed by atoms with E-state index in [0.29, 0.717) is 5.75 Å². The molecule has 0 spiro atoms. The molecule has 7 heteroatoms. The summed E-state index contributed by atoms with van der Waals surface area (Å²) in [4.78, 5) is 23.5. The molecule has 1 aromatic rings. The zero-order valence-electron chi connectivity index (χ0n) is 13.1. The SMILES string of the molecule is O=C(CC(CC(=O)OC(F)(F)F)C1CCCC1)Oc1ccccc1. The van der Waals surface area contributed by atoms with E-state index in [1.807, 2.05) is 0 Å². The molecular formula is C17H19F3O4. The molecule has 0 radical (unpaired) electrons. The van der Waals surface area contributed by atoms with Gasteiger partial charge in [-0.25, -0.2) is 0 Å². The van der Waals surface area contributed by atoms with Crippen molar-refractivity contribution in [3.05, 3.63) is 30.3 Å². The van der Waals surface area contributed by atoms with Gasteiger partial charge in [-0.05, 0) is 24.0 Å². The van der Waals surface area contributed by atoms with Crippen LogP contribution in [0.15, 0.2) is 30.3 Å². The highest BCUT2D eigenvalue weighted by atomic mass is 19.4. The largest absolute Gasteiger partial charge is 0.575 e. The molecule has 0 saturated heterocycles. The van der Waals surface area contributed by atoms with Gasteiger partial charge in [0.1, 0.15) is 5.75 Å². The lowest BCUT2D eigenvalue weighted by atomic mass is 9.85. The lowest BCUT2D eigenvalue weighted by molar-refractivity contribution is -0.306. The van der Waals surface area contributed by atoms with E-state index in [9.17, 15) is 22.8 Å². The van der Waals surface area contributed by atoms with Gasteiger partial charge >= 0.3 is 18.3 Å². The molecule has 1 fully saturated rings. The second kappa shape index (κ2) is 8.17. The van der Waals surface area contributed by atoms with E-state index in [1.54, 1.807) is 30.3 Å². The van der Waals surface area contributed by atoms with Gasteiger partial charge in [0.25, 0.3) is 0 Å². The Hall–Kier alpha value is -2.05. The fourth-order valence-corrected chi connectivity index (χ4v) is 3.09. The number of para-hydroxylation sites is 1. The third-order valence-electron chi connectivity index (χ3n) is 4.13. The Kier molecular flexibility index (Phi) is 6.23. The number of ether oxygens (including phenoxy) is 2. The summed E-state index contributed by atoms with van der Waals surface area (Å²) in [5, 5.41) is 0. The number of hydrogen-bond donors (Lipinski definition) is 0. The minimum Gasteiger partial charge on any atom is -0.427 e. The Labute approximate surface area is 137 Å². The van der Waals surface area contributed by atoms with Crippen molar-refractivity contribution in [1.82, 2.24) is 0 Å². The normalized spacial score (nSPS) is 16.6. The van der Waals surface area contributed by atoms with Crippen LogP contribution >= 0.6 is 0 Å². The maximum atomic E-state index is 12.1. The second-order valence-electron chi connectivity index (χ2n) is 5.92. The van der Waals surface area contributed by atoms with Crippen LogP contribution in [-0.2, 0) is 14.3 Å². The second-order valence-corrected chi connectivity index (χ2v) is 5.92. The average Bonchev–Trinajstić information content (AvgIpc) is 2.99. The molecule has 1 atom stereocenters. The molecule has 4 nitrogen and oxygen atoms in total. The molecule has 132 valence electrons. The summed E-state index contributed by atoms with van der Waals surface area (Å²) in [6, 6.07) is 8.40. The van der Waals surface area contributed by atoms with Crippen LogP contribution in [0.1, 0.15) is 38.5 Å². The van der Waals surface area contributed by atoms with Crippen LogP contribution in [-0.4, -0.2) is 18.3 Å². The van der Waals surface area contributed by atoms with Crippen LogP contribution in [0.3, 0.4) is 0 Å². The molecule has 0 bridgehead atoms. The van der Waals surface area contributed by atoms with Gasteiger partial charge in [0, 0.05) is 12.8 Å². The third-order valence-corrected chi connectivity index (χ3v) is 4.13. The maximum Gasteiger partial charge on any atom is 0.575 e. The van der Waals surface area contributed by atoms with Gasteiger partial charge in [0.05, 0.1) is 0 Å². The number of rotatable bonds is 6. The molecule has 0 amide bonds. The van der Waals surface area contributed by atoms with Gasteiger partial charge in [-0.1, -0.05) is 43.9 Å². The summed E-state index contributed by atoms with van der Waals surface area (Å²) in [5.41, 5.74) is 0. The Balaban J connectivity index is 1.95. The van der Waals surface area contributed by atoms with E-state index in [4.69, 9.17) is 4.74 Å². The van der Waals surface area contributed by atoms with E-state index in [0.717, 1.165) is 25.7 Å². The third kappa shape index (κ3) is 6.22. The number of esters is 2. The summed E-state index contributed by atoms with van der Waals surface area (Å²) < 4.78 is 45.1. The molecule has 2 rings (SSSR count). The molecule has 0 N–H and O–H groups in total. The topological polar surface area (TPSA) is 52.6 Å². The fraction of sp³-hybridized carbons (Fsp3) is 0.529. The molecule has 1 aromatic carbocycles. The number of alkyl halides is 3. The van der Waals surface area contributed by atoms with Crippen LogP contribution < -0.4 is 4.74 Å². The van der Waals surface area contributed by atoms with Gasteiger partial charge in [0.15, 0.2) is 0 Å². The first-order valence-corrected chi connectivity index (χ1v) is 7.88. The van der Waals surface area contributed by atoms with E-state index in [2.05, 4.69) is 4.74 Å². The van der Waals surface area contributed by atoms with Crippen molar-refractivity contribution in [2.24, 2.45) is 11.8 Å². The summed E-state index contributed by atoms with van der Waals surface area (Å²) in [5.74, 6) is -2.01. The molecule has 0 aromatic heterocycles. The van der Waals surface area contributed by atoms with E-state index in [1.165, 1.54) is 0 Å². The maximum absolute atomic E-state index is 12.1. The lowest BCUT2D eigenvalue weighted by Gasteiger charge is -2.22. The summed E-state index contributed by atoms with van der Waals surface area (Å²) in [6.45, 7) is 0. The first-order chi connectivity index (χ1) is 11.3. The van der Waals surface area contributed by atoms with Gasteiger partial charge < -0.3 is 9.47 Å². The van der Waals surface area contributed by atoms with Crippen molar-refractivity contribution in [3.63, 3.8) is 0 Å². The standard InChI is InChI=1S/C17H19F3O4/c18-17(19,20)24-16(22)11-13(12-6-4-5-7-12)10-15(21)23-14-8-2-1-3-9-14/h1-3,8-9,12-13H,4-7,10-11H2. The first-order valence-electron chi connectivity index (χ1n) is 7.88. The Morgan fingerprint density at radius 1 is 1.04 bits per heavy atom. The van der Waals surface area contributed by atoms with Crippen LogP contribution in [0, 0.1) is 11.8 Å². The zero-order valence-corrected chi connectivity index (χ0v) is 13.1. The van der Waals surface area contributed by atoms with Crippen molar-refractivity contribution in [2.45, 2.75) is 44.9 Å². The molecule has 1 aliphatic carbocycles. The van der Waals surface area contributed by atoms with Gasteiger partial charge in [-0.2, -0.15) is 0 Å². The molecule has 24 heavy (non-hydrogen) atoms. The predicted octanol–water partition coefficient (Wildman–Crippen LogP) is 4.24. The molecule has 0 aliphatic heterocycles. The summed E-state index contributed by atoms with van der Waals surface area (Å²) in [7, 11) is 0. The number of hydrogen-bond acceptors (Lipinski definition) is 4. The summed E-state index contributed by atoms with van der Waals surface area (Å²) >= 11 is 0. The molecule has 0 heterocycles. The molecular weight excluding hydrogens is 325 g/mol. The average molecular weight is 344 g/mol. The van der Waals surface area contributed by atoms with Crippen LogP contribution in [0.2, 0.25) is 0 Å². The number of carbonyl (C=O) groups is 2. The highest BCUT2D eigenvalue weighted by Crippen LogP contribution is 2.36. The van der Waals surface area contributed by atoms with Crippen molar-refractivity contribution >= 4 is 11.9 Å². The number of benzene rings is 1. The van der Waals surface area contributed by atoms with Gasteiger partial charge in [-0.3, -0.25) is 9.59 Å². The Morgan fingerprint density at radius 3 is 2.21 bits per heavy atom. The summed E-state index contributed by atoms with van der Waals surface area (Å²) in [6.07, 6.45) is -2.06. The van der Waals surface area contributed by atoms with Crippen molar-refractivity contribution in [1.29, 1.82) is 0 Å². The van der Waals surface area contributed by atoms with Crippen LogP contribution in [0.25, 0.3) is 0 Å². The van der Waals surface area contributed by atoms with E-state index >= 15 is 0 Å². The highest BCUT2D eigenvalue weighted by molar-refractivity contribution is 5.75. The Bertz CT molecular complexity index is 551. The smallest absolute Gasteiger partial charge is 0.427 e. The molecule has 1 unspecified atom stereocenters. The van der Waals surface area contributed by atoms with Gasteiger partial charge in [0.2, 0.25) is 0 Å². The van der Waals surface area contributed by atoms with Crippen molar-refractivity contribution < 1.29 is 32.2 Å². The fourth-order valence-electron chi connectivity index (χ4n) is 3.09. The van der Waals surface area contributed by atoms with Crippen LogP contribution in [0.4, 0.5) is 13.2 Å². The van der Waals surface area contributed by atoms with Crippen molar-refractivity contribution in [3.8, 4) is 5.75 Å². The minimum atomic E-state index is -5.00. The molecule has 1 aliphatic rings. The minimum absolute atomic E-state index is 0.0362. The van der Waals surface area contributed by atoms with E-state index < -0.39 is 30.6 Å². The predicted molar refractivity (Wildman–Crippen MR) is 78.9 cm³/mol. The Morgan fingerprint density at radius 2 is 1.62 bits per heavy atom. The molecule has 1 saturated carbocycles. The monoisotopic (exact) mass is 344 g/mol. The number of carbonyl (C=O) groups excluding carboxylic acids is 2. The first kappa shape index (κ1) is 18.3. The highest BCUT2D eigenvalue weighted by Gasteiger charge is 2.36. The van der Waals surface area contributed by atoms with Crippen LogP contribution in [0.5, 0.6) is 5.75 Å².